The summed E-state index contributed by atoms with van der Waals surface area (Å²) in [5, 5.41) is 7.22. The van der Waals surface area contributed by atoms with Crippen LogP contribution in [0, 0.1) is 0 Å². The van der Waals surface area contributed by atoms with Gasteiger partial charge in [-0.25, -0.2) is 4.79 Å². The van der Waals surface area contributed by atoms with Crippen molar-refractivity contribution in [3.05, 3.63) is 22.1 Å². The van der Waals surface area contributed by atoms with Gasteiger partial charge in [0.2, 0.25) is 12.1 Å². The van der Waals surface area contributed by atoms with Gasteiger partial charge in [0.05, 0.1) is 5.69 Å². The Kier molecular flexibility index (Phi) is 14.5. The molecule has 0 spiro atoms. The molecular formula is C23H40N4O7S2. The van der Waals surface area contributed by atoms with Gasteiger partial charge >= 0.3 is 6.09 Å². The van der Waals surface area contributed by atoms with E-state index in [1.165, 1.54) is 43.8 Å². The Morgan fingerprint density at radius 2 is 1.56 bits per heavy atom. The number of rotatable bonds is 10. The molecule has 1 aromatic rings. The number of nitrogens with zero attached hydrogens (tertiary/aromatic N) is 3. The first-order valence-corrected chi connectivity index (χ1v) is 13.7. The zero-order chi connectivity index (χ0) is 27.3. The van der Waals surface area contributed by atoms with Crippen molar-refractivity contribution in [1.82, 2.24) is 15.1 Å². The van der Waals surface area contributed by atoms with Gasteiger partial charge in [0.1, 0.15) is 5.60 Å². The van der Waals surface area contributed by atoms with Crippen LogP contribution in [-0.2, 0) is 28.5 Å². The lowest BCUT2D eigenvalue weighted by Crippen LogP contribution is -2.50. The first kappa shape index (κ1) is 32.3. The van der Waals surface area contributed by atoms with Crippen LogP contribution in [0.5, 0.6) is 0 Å². The predicted octanol–water partition coefficient (Wildman–Crippen LogP) is 3.50. The topological polar surface area (TPSA) is 115 Å². The lowest BCUT2D eigenvalue weighted by molar-refractivity contribution is -0.151. The molecule has 1 N–H and O–H groups in total. The monoisotopic (exact) mass is 548 g/mol. The largest absolute Gasteiger partial charge is 0.444 e. The number of carbonyl (C=O) groups is 2. The summed E-state index contributed by atoms with van der Waals surface area (Å²) in [4.78, 5) is 27.3. The summed E-state index contributed by atoms with van der Waals surface area (Å²) in [6.07, 6.45) is 3.87. The molecule has 0 radical (unpaired) electrons. The van der Waals surface area contributed by atoms with Crippen LogP contribution in [0.4, 0.5) is 10.6 Å². The Morgan fingerprint density at radius 3 is 2.00 bits per heavy atom. The fraction of sp³-hybridized carbons (Fsp3) is 0.696. The van der Waals surface area contributed by atoms with E-state index in [0.29, 0.717) is 26.2 Å². The summed E-state index contributed by atoms with van der Waals surface area (Å²) in [6.45, 7) is 8.23. The van der Waals surface area contributed by atoms with E-state index >= 15 is 0 Å². The Bertz CT molecular complexity index is 823. The molecular weight excluding hydrogens is 508 g/mol. The van der Waals surface area contributed by atoms with Gasteiger partial charge in [0, 0.05) is 71.0 Å². The van der Waals surface area contributed by atoms with Crippen molar-refractivity contribution in [2.24, 2.45) is 0 Å². The summed E-state index contributed by atoms with van der Waals surface area (Å²) in [5.74, 6) is 0.659. The van der Waals surface area contributed by atoms with Crippen molar-refractivity contribution in [2.45, 2.75) is 39.0 Å². The Hall–Kier alpha value is -1.77. The smallest absolute Gasteiger partial charge is 0.410 e. The van der Waals surface area contributed by atoms with E-state index in [9.17, 15) is 9.59 Å². The Balaban J connectivity index is 0.000000426. The molecule has 0 aliphatic carbocycles. The van der Waals surface area contributed by atoms with Crippen molar-refractivity contribution in [1.29, 1.82) is 0 Å². The summed E-state index contributed by atoms with van der Waals surface area (Å²) < 4.78 is 26.4. The normalized spacial score (nSPS) is 14.0. The van der Waals surface area contributed by atoms with E-state index in [4.69, 9.17) is 23.7 Å². The Morgan fingerprint density at radius 1 is 1.00 bits per heavy atom. The number of thioether (sulfide) groups is 2. The van der Waals surface area contributed by atoms with Crippen LogP contribution in [0.15, 0.2) is 16.4 Å². The molecule has 0 atom stereocenters. The van der Waals surface area contributed by atoms with Crippen LogP contribution in [0.3, 0.4) is 0 Å². The van der Waals surface area contributed by atoms with Crippen LogP contribution in [0.2, 0.25) is 0 Å². The maximum atomic E-state index is 12.1. The van der Waals surface area contributed by atoms with E-state index in [-0.39, 0.29) is 11.9 Å². The minimum atomic E-state index is -0.783. The second-order valence-corrected chi connectivity index (χ2v) is 10.5. The molecule has 13 heteroatoms. The molecule has 1 saturated heterocycles. The molecule has 36 heavy (non-hydrogen) atoms. The zero-order valence-electron chi connectivity index (χ0n) is 22.7. The second kappa shape index (κ2) is 16.2. The minimum Gasteiger partial charge on any atom is -0.444 e. The third-order valence-corrected chi connectivity index (χ3v) is 6.88. The molecule has 206 valence electrons. The fourth-order valence-electron chi connectivity index (χ4n) is 3.12. The number of carbonyl (C=O) groups excluding carboxylic acids is 2. The molecule has 1 amide bonds. The van der Waals surface area contributed by atoms with Gasteiger partial charge in [-0.2, -0.15) is 5.10 Å². The first-order chi connectivity index (χ1) is 17.0. The highest BCUT2D eigenvalue weighted by molar-refractivity contribution is 8.21. The van der Waals surface area contributed by atoms with Gasteiger partial charge in [0.15, 0.2) is 12.1 Å². The minimum absolute atomic E-state index is 0.163. The van der Waals surface area contributed by atoms with Crippen LogP contribution < -0.4 is 4.90 Å². The number of anilines is 1. The zero-order valence-corrected chi connectivity index (χ0v) is 24.3. The number of aromatic nitrogens is 2. The summed E-state index contributed by atoms with van der Waals surface area (Å²) in [5.41, 5.74) is 0.292. The number of piperazine rings is 1. The van der Waals surface area contributed by atoms with Gasteiger partial charge in [0.25, 0.3) is 0 Å². The fourth-order valence-corrected chi connectivity index (χ4v) is 4.25. The lowest BCUT2D eigenvalue weighted by atomic mass is 10.2. The molecule has 0 unspecified atom stereocenters. The summed E-state index contributed by atoms with van der Waals surface area (Å²) in [6, 6.07) is 1.90. The number of methoxy groups -OCH3 is 4. The van der Waals surface area contributed by atoms with Crippen LogP contribution in [-0.4, -0.2) is 106 Å². The van der Waals surface area contributed by atoms with Gasteiger partial charge in [-0.05, 0) is 33.3 Å². The van der Waals surface area contributed by atoms with E-state index in [0.717, 1.165) is 15.7 Å². The number of hydrogen-bond acceptors (Lipinski definition) is 11. The van der Waals surface area contributed by atoms with Crippen molar-refractivity contribution < 1.29 is 33.3 Å². The number of aromatic amines is 1. The number of nitrogens with one attached hydrogen (secondary N) is 1. The number of ether oxygens (including phenoxy) is 5. The molecule has 2 rings (SSSR count). The molecule has 0 aromatic carbocycles. The average Bonchev–Trinajstić information content (AvgIpc) is 3.33. The van der Waals surface area contributed by atoms with Gasteiger partial charge in [-0.1, -0.05) is 0 Å². The number of ketones is 1. The van der Waals surface area contributed by atoms with Crippen LogP contribution >= 0.6 is 23.5 Å². The molecule has 11 nitrogen and oxygen atoms in total. The van der Waals surface area contributed by atoms with E-state index in [2.05, 4.69) is 15.1 Å². The summed E-state index contributed by atoms with van der Waals surface area (Å²) in [7, 11) is 6.04. The lowest BCUT2D eigenvalue weighted by Gasteiger charge is -2.35. The number of hydrogen-bond donors (Lipinski definition) is 1. The van der Waals surface area contributed by atoms with Gasteiger partial charge < -0.3 is 33.5 Å². The van der Waals surface area contributed by atoms with Crippen molar-refractivity contribution >= 4 is 41.2 Å². The maximum Gasteiger partial charge on any atom is 0.410 e. The Labute approximate surface area is 222 Å². The highest BCUT2D eigenvalue weighted by atomic mass is 32.2. The van der Waals surface area contributed by atoms with E-state index < -0.39 is 18.2 Å². The predicted molar refractivity (Wildman–Crippen MR) is 143 cm³/mol. The number of amides is 1. The molecule has 0 saturated carbocycles. The third-order valence-electron chi connectivity index (χ3n) is 4.84. The molecule has 0 bridgehead atoms. The SMILES string of the molecule is COC(OC)C(=O)C=C(SC)SC.COC(OC)c1cc(N2CCN(C(=O)OC(C)(C)C)CC2)n[nH]1. The highest BCUT2D eigenvalue weighted by Gasteiger charge is 2.27. The van der Waals surface area contributed by atoms with E-state index in [1.54, 1.807) is 19.1 Å². The molecule has 1 aromatic heterocycles. The first-order valence-electron chi connectivity index (χ1n) is 11.3. The second-order valence-electron chi connectivity index (χ2n) is 8.52. The van der Waals surface area contributed by atoms with Crippen molar-refractivity contribution in [3.8, 4) is 0 Å². The molecule has 1 aliphatic heterocycles. The van der Waals surface area contributed by atoms with Crippen LogP contribution in [0.1, 0.15) is 32.8 Å². The van der Waals surface area contributed by atoms with E-state index in [1.807, 2.05) is 39.3 Å². The third kappa shape index (κ3) is 10.7. The maximum absolute atomic E-state index is 12.1. The van der Waals surface area contributed by atoms with Crippen molar-refractivity contribution in [3.63, 3.8) is 0 Å². The van der Waals surface area contributed by atoms with Gasteiger partial charge in [-0.15, -0.1) is 23.5 Å². The number of H-pyrrole nitrogens is 1. The summed E-state index contributed by atoms with van der Waals surface area (Å²) >= 11 is 3.06. The van der Waals surface area contributed by atoms with Crippen LogP contribution in [0.25, 0.3) is 0 Å². The molecule has 2 heterocycles. The van der Waals surface area contributed by atoms with Gasteiger partial charge in [-0.3, -0.25) is 9.89 Å². The quantitative estimate of drug-likeness (QED) is 0.342. The average molecular weight is 549 g/mol. The van der Waals surface area contributed by atoms with Crippen molar-refractivity contribution in [2.75, 3.05) is 72.0 Å². The highest BCUT2D eigenvalue weighted by Crippen LogP contribution is 2.23. The molecule has 1 aliphatic rings. The standard InChI is InChI=1S/C15H26N4O4.C8H14O3S2/c1-15(2,3)23-14(20)19-8-6-18(7-9-19)12-10-11(16-17-12)13(21-4)22-5;1-10-8(11-2)6(9)5-7(12-3)13-4/h10,13H,6-9H2,1-5H3,(H,16,17);5,8H,1-4H3. The molecule has 1 fully saturated rings.